The average Bonchev–Trinajstić information content (AvgIpc) is 3.73. The molecule has 1 atom stereocenters. The van der Waals surface area contributed by atoms with Gasteiger partial charge in [0.15, 0.2) is 0 Å². The standard InChI is InChI=1S/C29H27NO6/c1-34-23-10-6-7-19(16-23)27(31)25-26(30(21-12-13-21)29(33)28(25)32)18-11-14-24(35-2)20(15-18)17-36-22-8-4-3-5-9-22/h3-11,14-16,21,26,31H,12-13,17H2,1-2H3/t26-/m1/s1. The number of hydrogen-bond donors (Lipinski definition) is 1. The van der Waals surface area contributed by atoms with Gasteiger partial charge in [0.1, 0.15) is 29.6 Å². The Morgan fingerprint density at radius 2 is 1.67 bits per heavy atom. The first-order valence-electron chi connectivity index (χ1n) is 11.8. The number of carbonyl (C=O) groups excluding carboxylic acids is 2. The van der Waals surface area contributed by atoms with Crippen LogP contribution in [0, 0.1) is 0 Å². The first-order chi connectivity index (χ1) is 17.5. The van der Waals surface area contributed by atoms with E-state index in [2.05, 4.69) is 0 Å². The minimum atomic E-state index is -0.718. The van der Waals surface area contributed by atoms with Crippen molar-refractivity contribution in [1.82, 2.24) is 4.90 Å². The molecule has 7 nitrogen and oxygen atoms in total. The molecule has 1 aliphatic heterocycles. The highest BCUT2D eigenvalue weighted by molar-refractivity contribution is 6.46. The molecule has 1 amide bonds. The lowest BCUT2D eigenvalue weighted by Gasteiger charge is -2.26. The average molecular weight is 486 g/mol. The summed E-state index contributed by atoms with van der Waals surface area (Å²) in [5.74, 6) is 0.378. The van der Waals surface area contributed by atoms with E-state index in [-0.39, 0.29) is 24.0 Å². The largest absolute Gasteiger partial charge is 0.507 e. The number of benzene rings is 3. The molecular weight excluding hydrogens is 458 g/mol. The summed E-state index contributed by atoms with van der Waals surface area (Å²) >= 11 is 0. The predicted molar refractivity (Wildman–Crippen MR) is 134 cm³/mol. The Morgan fingerprint density at radius 1 is 0.917 bits per heavy atom. The van der Waals surface area contributed by atoms with E-state index in [4.69, 9.17) is 14.2 Å². The Morgan fingerprint density at radius 3 is 2.36 bits per heavy atom. The maximum atomic E-state index is 13.2. The maximum absolute atomic E-state index is 13.2. The van der Waals surface area contributed by atoms with E-state index in [1.54, 1.807) is 42.3 Å². The van der Waals surface area contributed by atoms with Gasteiger partial charge in [-0.15, -0.1) is 0 Å². The summed E-state index contributed by atoms with van der Waals surface area (Å²) in [6.45, 7) is 0.236. The summed E-state index contributed by atoms with van der Waals surface area (Å²) in [7, 11) is 3.11. The minimum Gasteiger partial charge on any atom is -0.507 e. The zero-order valence-electron chi connectivity index (χ0n) is 20.1. The number of carbonyl (C=O) groups is 2. The Bertz CT molecular complexity index is 1330. The minimum absolute atomic E-state index is 0.0341. The SMILES string of the molecule is COc1cccc(C(O)=C2C(=O)C(=O)N(C3CC3)[C@@H]2c2ccc(OC)c(COc3ccccc3)c2)c1. The number of ether oxygens (including phenoxy) is 3. The molecule has 0 spiro atoms. The number of Topliss-reactive ketones (excluding diaryl/α,β-unsaturated/α-hetero) is 1. The first kappa shape index (κ1) is 23.5. The molecule has 2 fully saturated rings. The van der Waals surface area contributed by atoms with Crippen LogP contribution in [0.5, 0.6) is 17.2 Å². The van der Waals surface area contributed by atoms with E-state index in [0.29, 0.717) is 28.4 Å². The van der Waals surface area contributed by atoms with Crippen molar-refractivity contribution in [3.63, 3.8) is 0 Å². The molecule has 5 rings (SSSR count). The summed E-state index contributed by atoms with van der Waals surface area (Å²) in [4.78, 5) is 28.0. The van der Waals surface area contributed by atoms with Crippen molar-refractivity contribution in [3.8, 4) is 17.2 Å². The fourth-order valence-electron chi connectivity index (χ4n) is 4.59. The van der Waals surface area contributed by atoms with Gasteiger partial charge in [-0.1, -0.05) is 36.4 Å². The van der Waals surface area contributed by atoms with Gasteiger partial charge in [0, 0.05) is 17.2 Å². The zero-order chi connectivity index (χ0) is 25.2. The fourth-order valence-corrected chi connectivity index (χ4v) is 4.59. The molecular formula is C29H27NO6. The van der Waals surface area contributed by atoms with E-state index >= 15 is 0 Å². The summed E-state index contributed by atoms with van der Waals surface area (Å²) in [6.07, 6.45) is 1.64. The molecule has 1 heterocycles. The van der Waals surface area contributed by atoms with Crippen molar-refractivity contribution < 1.29 is 28.9 Å². The quantitative estimate of drug-likeness (QED) is 0.278. The van der Waals surface area contributed by atoms with Crippen LogP contribution in [-0.2, 0) is 16.2 Å². The Hall–Kier alpha value is -4.26. The number of amides is 1. The van der Waals surface area contributed by atoms with Gasteiger partial charge in [-0.05, 0) is 54.8 Å². The number of methoxy groups -OCH3 is 2. The summed E-state index contributed by atoms with van der Waals surface area (Å²) in [6, 6.07) is 21.0. The van der Waals surface area contributed by atoms with Crippen molar-refractivity contribution in [2.24, 2.45) is 0 Å². The van der Waals surface area contributed by atoms with Crippen LogP contribution in [0.2, 0.25) is 0 Å². The highest BCUT2D eigenvalue weighted by atomic mass is 16.5. The summed E-state index contributed by atoms with van der Waals surface area (Å²) in [5, 5.41) is 11.3. The van der Waals surface area contributed by atoms with Crippen molar-refractivity contribution in [2.45, 2.75) is 31.5 Å². The molecule has 1 saturated carbocycles. The molecule has 3 aromatic rings. The predicted octanol–water partition coefficient (Wildman–Crippen LogP) is 4.87. The third kappa shape index (κ3) is 4.40. The number of ketones is 1. The van der Waals surface area contributed by atoms with E-state index < -0.39 is 17.7 Å². The normalized spacial score (nSPS) is 18.8. The molecule has 0 aromatic heterocycles. The smallest absolute Gasteiger partial charge is 0.295 e. The molecule has 1 saturated heterocycles. The van der Waals surface area contributed by atoms with E-state index in [1.807, 2.05) is 42.5 Å². The first-order valence-corrected chi connectivity index (χ1v) is 11.8. The molecule has 0 unspecified atom stereocenters. The number of nitrogens with zero attached hydrogens (tertiary/aromatic N) is 1. The van der Waals surface area contributed by atoms with Gasteiger partial charge >= 0.3 is 0 Å². The lowest BCUT2D eigenvalue weighted by molar-refractivity contribution is -0.140. The molecule has 36 heavy (non-hydrogen) atoms. The van der Waals surface area contributed by atoms with Gasteiger partial charge in [0.2, 0.25) is 0 Å². The van der Waals surface area contributed by atoms with Crippen LogP contribution < -0.4 is 14.2 Å². The second kappa shape index (κ2) is 9.77. The summed E-state index contributed by atoms with van der Waals surface area (Å²) in [5.41, 5.74) is 1.95. The highest BCUT2D eigenvalue weighted by Gasteiger charge is 2.51. The van der Waals surface area contributed by atoms with Crippen LogP contribution >= 0.6 is 0 Å². The topological polar surface area (TPSA) is 85.3 Å². The monoisotopic (exact) mass is 485 g/mol. The molecule has 184 valence electrons. The Kier molecular flexibility index (Phi) is 6.38. The van der Waals surface area contributed by atoms with E-state index in [9.17, 15) is 14.7 Å². The van der Waals surface area contributed by atoms with Crippen molar-refractivity contribution in [1.29, 1.82) is 0 Å². The van der Waals surface area contributed by atoms with Gasteiger partial charge in [0.05, 0.1) is 25.8 Å². The van der Waals surface area contributed by atoms with Crippen molar-refractivity contribution >= 4 is 17.4 Å². The lowest BCUT2D eigenvalue weighted by atomic mass is 9.94. The van der Waals surface area contributed by atoms with Crippen LogP contribution in [-0.4, -0.2) is 42.0 Å². The molecule has 0 radical (unpaired) electrons. The number of para-hydroxylation sites is 1. The summed E-state index contributed by atoms with van der Waals surface area (Å²) < 4.78 is 16.8. The third-order valence-electron chi connectivity index (χ3n) is 6.52. The second-order valence-corrected chi connectivity index (χ2v) is 8.84. The number of rotatable bonds is 8. The molecule has 1 N–H and O–H groups in total. The van der Waals surface area contributed by atoms with E-state index in [0.717, 1.165) is 18.4 Å². The number of hydrogen-bond acceptors (Lipinski definition) is 6. The van der Waals surface area contributed by atoms with Gasteiger partial charge in [-0.3, -0.25) is 9.59 Å². The van der Waals surface area contributed by atoms with Crippen LogP contribution in [0.15, 0.2) is 78.4 Å². The second-order valence-electron chi connectivity index (χ2n) is 8.84. The molecule has 1 aliphatic carbocycles. The van der Waals surface area contributed by atoms with Crippen LogP contribution in [0.1, 0.15) is 35.6 Å². The lowest BCUT2D eigenvalue weighted by Crippen LogP contribution is -2.31. The zero-order valence-corrected chi connectivity index (χ0v) is 20.1. The van der Waals surface area contributed by atoms with Crippen molar-refractivity contribution in [2.75, 3.05) is 14.2 Å². The van der Waals surface area contributed by atoms with Gasteiger partial charge < -0.3 is 24.2 Å². The maximum Gasteiger partial charge on any atom is 0.295 e. The van der Waals surface area contributed by atoms with Crippen LogP contribution in [0.4, 0.5) is 0 Å². The number of aliphatic hydroxyl groups excluding tert-OH is 1. The van der Waals surface area contributed by atoms with Gasteiger partial charge in [-0.2, -0.15) is 0 Å². The molecule has 2 aliphatic rings. The fraction of sp³-hybridized carbons (Fsp3) is 0.241. The third-order valence-corrected chi connectivity index (χ3v) is 6.52. The molecule has 0 bridgehead atoms. The Labute approximate surface area is 209 Å². The highest BCUT2D eigenvalue weighted by Crippen LogP contribution is 2.46. The van der Waals surface area contributed by atoms with Crippen LogP contribution in [0.25, 0.3) is 5.76 Å². The molecule has 3 aromatic carbocycles. The van der Waals surface area contributed by atoms with Crippen LogP contribution in [0.3, 0.4) is 0 Å². The Balaban J connectivity index is 1.58. The number of aliphatic hydroxyl groups is 1. The van der Waals surface area contributed by atoms with E-state index in [1.165, 1.54) is 7.11 Å². The van der Waals surface area contributed by atoms with Crippen molar-refractivity contribution in [3.05, 3.63) is 95.1 Å². The molecule has 7 heteroatoms. The van der Waals surface area contributed by atoms with Gasteiger partial charge in [-0.25, -0.2) is 0 Å². The number of likely N-dealkylation sites (tertiary alicyclic amines) is 1. The van der Waals surface area contributed by atoms with Gasteiger partial charge in [0.25, 0.3) is 11.7 Å².